The van der Waals surface area contributed by atoms with Crippen LogP contribution < -0.4 is 4.74 Å². The van der Waals surface area contributed by atoms with Gasteiger partial charge in [-0.15, -0.1) is 0 Å². The second-order valence-electron chi connectivity index (χ2n) is 9.35. The Bertz CT molecular complexity index is 910. The molecule has 4 rings (SSSR count). The molecule has 3 unspecified atom stereocenters. The van der Waals surface area contributed by atoms with Crippen molar-refractivity contribution in [1.29, 1.82) is 0 Å². The molecule has 1 fully saturated rings. The molecular weight excluding hydrogens is 385 g/mol. The van der Waals surface area contributed by atoms with E-state index in [9.17, 15) is 4.39 Å². The minimum atomic E-state index is -0.196. The average Bonchev–Trinajstić information content (AvgIpc) is 3.19. The summed E-state index contributed by atoms with van der Waals surface area (Å²) in [5.74, 6) is 1.67. The number of piperidine rings is 1. The lowest BCUT2D eigenvalue weighted by atomic mass is 9.87. The topological polar surface area (TPSA) is 12.5 Å². The number of likely N-dealkylation sites (tertiary alicyclic amines) is 1. The maximum atomic E-state index is 14.6. The summed E-state index contributed by atoms with van der Waals surface area (Å²) in [7, 11) is 1.62. The van der Waals surface area contributed by atoms with Gasteiger partial charge in [0.05, 0.1) is 7.11 Å². The van der Waals surface area contributed by atoms with Crippen molar-refractivity contribution in [1.82, 2.24) is 4.90 Å². The first-order valence-electron chi connectivity index (χ1n) is 12.0. The first-order valence-corrected chi connectivity index (χ1v) is 12.0. The van der Waals surface area contributed by atoms with Crippen LogP contribution in [0.4, 0.5) is 4.39 Å². The lowest BCUT2D eigenvalue weighted by Crippen LogP contribution is -2.41. The van der Waals surface area contributed by atoms with Crippen LogP contribution in [0.15, 0.2) is 59.7 Å². The molecule has 0 radical (unpaired) electrons. The molecule has 0 N–H and O–H groups in total. The van der Waals surface area contributed by atoms with Crippen LogP contribution in [0.3, 0.4) is 0 Å². The van der Waals surface area contributed by atoms with E-state index in [1.807, 2.05) is 0 Å². The van der Waals surface area contributed by atoms with E-state index in [-0.39, 0.29) is 11.7 Å². The Hall–Kier alpha value is -2.13. The van der Waals surface area contributed by atoms with Crippen molar-refractivity contribution in [2.75, 3.05) is 20.2 Å². The third kappa shape index (κ3) is 5.03. The fourth-order valence-corrected chi connectivity index (χ4v) is 5.44. The Morgan fingerprint density at radius 1 is 1.19 bits per heavy atom. The third-order valence-electron chi connectivity index (χ3n) is 7.19. The normalized spacial score (nSPS) is 25.7. The number of rotatable bonds is 8. The number of ether oxygens (including phenoxy) is 1. The monoisotopic (exact) mass is 421 g/mol. The van der Waals surface area contributed by atoms with Crippen LogP contribution in [0.25, 0.3) is 5.57 Å². The molecule has 0 bridgehead atoms. The number of hydrogen-bond acceptors (Lipinski definition) is 2. The Morgan fingerprint density at radius 2 is 2.03 bits per heavy atom. The van der Waals surface area contributed by atoms with Gasteiger partial charge in [-0.3, -0.25) is 0 Å². The van der Waals surface area contributed by atoms with Gasteiger partial charge in [-0.25, -0.2) is 4.39 Å². The fraction of sp³-hybridized carbons (Fsp3) is 0.500. The molecule has 0 saturated carbocycles. The number of allylic oxidation sites excluding steroid dienone is 8. The number of benzene rings is 1. The first kappa shape index (κ1) is 22.1. The van der Waals surface area contributed by atoms with Crippen LogP contribution in [0.5, 0.6) is 5.75 Å². The molecule has 0 amide bonds. The van der Waals surface area contributed by atoms with Gasteiger partial charge in [0, 0.05) is 17.5 Å². The molecule has 2 nitrogen and oxygen atoms in total. The Balaban J connectivity index is 1.40. The summed E-state index contributed by atoms with van der Waals surface area (Å²) >= 11 is 0. The number of hydrogen-bond donors (Lipinski definition) is 0. The quantitative estimate of drug-likeness (QED) is 0.450. The second-order valence-corrected chi connectivity index (χ2v) is 9.35. The Morgan fingerprint density at radius 3 is 2.81 bits per heavy atom. The summed E-state index contributed by atoms with van der Waals surface area (Å²) in [5, 5.41) is 0. The van der Waals surface area contributed by atoms with Crippen molar-refractivity contribution in [3.05, 3.63) is 71.1 Å². The number of halogens is 1. The van der Waals surface area contributed by atoms with Gasteiger partial charge >= 0.3 is 0 Å². The summed E-state index contributed by atoms with van der Waals surface area (Å²) in [5.41, 5.74) is 4.17. The Kier molecular flexibility index (Phi) is 7.12. The highest BCUT2D eigenvalue weighted by molar-refractivity contribution is 5.84. The van der Waals surface area contributed by atoms with Gasteiger partial charge in [-0.2, -0.15) is 0 Å². The molecule has 1 saturated heterocycles. The van der Waals surface area contributed by atoms with Crippen LogP contribution in [0.2, 0.25) is 0 Å². The number of nitrogens with zero attached hydrogens (tertiary/aromatic N) is 1. The van der Waals surface area contributed by atoms with E-state index >= 15 is 0 Å². The molecule has 1 aliphatic heterocycles. The molecule has 3 aliphatic rings. The predicted molar refractivity (Wildman–Crippen MR) is 128 cm³/mol. The second kappa shape index (κ2) is 9.99. The van der Waals surface area contributed by atoms with Gasteiger partial charge in [-0.1, -0.05) is 50.1 Å². The lowest BCUT2D eigenvalue weighted by molar-refractivity contribution is 0.118. The van der Waals surface area contributed by atoms with E-state index in [1.54, 1.807) is 19.2 Å². The summed E-state index contributed by atoms with van der Waals surface area (Å²) in [6.45, 7) is 7.12. The zero-order valence-corrected chi connectivity index (χ0v) is 19.2. The summed E-state index contributed by atoms with van der Waals surface area (Å²) in [6.07, 6.45) is 18.7. The van der Waals surface area contributed by atoms with E-state index in [0.717, 1.165) is 17.9 Å². The lowest BCUT2D eigenvalue weighted by Gasteiger charge is -2.37. The minimum Gasteiger partial charge on any atom is -0.497 e. The summed E-state index contributed by atoms with van der Waals surface area (Å²) in [4.78, 5) is 2.68. The molecule has 3 heteroatoms. The summed E-state index contributed by atoms with van der Waals surface area (Å²) < 4.78 is 19.9. The SMILES string of the molecule is CCCC1CCN(CCCC2=CC3=C(c4cc(OC)ccc4F)C=CC3C=C2)C(C)C1. The zero-order valence-electron chi connectivity index (χ0n) is 19.2. The molecule has 1 aromatic carbocycles. The smallest absolute Gasteiger partial charge is 0.131 e. The van der Waals surface area contributed by atoms with Gasteiger partial charge in [0.15, 0.2) is 0 Å². The molecule has 3 atom stereocenters. The van der Waals surface area contributed by atoms with Crippen LogP contribution >= 0.6 is 0 Å². The minimum absolute atomic E-state index is 0.196. The van der Waals surface area contributed by atoms with E-state index in [1.165, 1.54) is 62.4 Å². The van der Waals surface area contributed by atoms with Crippen LogP contribution in [-0.4, -0.2) is 31.1 Å². The van der Waals surface area contributed by atoms with Gasteiger partial charge < -0.3 is 9.64 Å². The van der Waals surface area contributed by atoms with Gasteiger partial charge in [-0.05, 0) is 86.5 Å². The molecule has 2 aliphatic carbocycles. The van der Waals surface area contributed by atoms with Crippen molar-refractivity contribution in [3.8, 4) is 5.75 Å². The zero-order chi connectivity index (χ0) is 21.8. The maximum absolute atomic E-state index is 14.6. The molecule has 1 heterocycles. The van der Waals surface area contributed by atoms with Crippen molar-refractivity contribution in [3.63, 3.8) is 0 Å². The largest absolute Gasteiger partial charge is 0.497 e. The molecular formula is C28H36FNO. The fourth-order valence-electron chi connectivity index (χ4n) is 5.44. The Labute approximate surface area is 187 Å². The predicted octanol–water partition coefficient (Wildman–Crippen LogP) is 6.95. The van der Waals surface area contributed by atoms with Crippen molar-refractivity contribution >= 4 is 5.57 Å². The third-order valence-corrected chi connectivity index (χ3v) is 7.19. The highest BCUT2D eigenvalue weighted by atomic mass is 19.1. The molecule has 1 aromatic rings. The van der Waals surface area contributed by atoms with Gasteiger partial charge in [0.1, 0.15) is 11.6 Å². The van der Waals surface area contributed by atoms with Crippen molar-refractivity contribution in [2.24, 2.45) is 11.8 Å². The standard InChI is InChI=1S/C28H36FNO/c1-4-6-21-14-16-30(20(2)17-21)15-5-7-22-8-9-23-10-12-25(26(23)18-22)27-19-24(31-3)11-13-28(27)29/h8-13,18-21,23H,4-7,14-17H2,1-3H3. The van der Waals surface area contributed by atoms with E-state index in [2.05, 4.69) is 49.1 Å². The van der Waals surface area contributed by atoms with E-state index in [4.69, 9.17) is 4.74 Å². The molecule has 0 spiro atoms. The van der Waals surface area contributed by atoms with Crippen molar-refractivity contribution < 1.29 is 9.13 Å². The highest BCUT2D eigenvalue weighted by Gasteiger charge is 2.25. The highest BCUT2D eigenvalue weighted by Crippen LogP contribution is 2.39. The van der Waals surface area contributed by atoms with Crippen LogP contribution in [0, 0.1) is 17.7 Å². The average molecular weight is 422 g/mol. The van der Waals surface area contributed by atoms with Gasteiger partial charge in [0.2, 0.25) is 0 Å². The van der Waals surface area contributed by atoms with E-state index in [0.29, 0.717) is 17.4 Å². The summed E-state index contributed by atoms with van der Waals surface area (Å²) in [6, 6.07) is 5.68. The number of fused-ring (bicyclic) bond motifs is 1. The number of methoxy groups -OCH3 is 1. The molecule has 0 aromatic heterocycles. The van der Waals surface area contributed by atoms with E-state index < -0.39 is 0 Å². The van der Waals surface area contributed by atoms with Crippen LogP contribution in [0.1, 0.15) is 57.9 Å². The molecule has 166 valence electrons. The molecule has 31 heavy (non-hydrogen) atoms. The van der Waals surface area contributed by atoms with Crippen molar-refractivity contribution in [2.45, 2.75) is 58.4 Å². The first-order chi connectivity index (χ1) is 15.1. The van der Waals surface area contributed by atoms with Crippen LogP contribution in [-0.2, 0) is 0 Å². The van der Waals surface area contributed by atoms with Gasteiger partial charge in [0.25, 0.3) is 0 Å². The maximum Gasteiger partial charge on any atom is 0.131 e.